The largest absolute Gasteiger partial charge is 0.383 e. The predicted octanol–water partition coefficient (Wildman–Crippen LogP) is 1.24. The van der Waals surface area contributed by atoms with E-state index in [1.54, 1.807) is 10.7 Å². The normalized spacial score (nSPS) is 11.7. The fraction of sp³-hybridized carbons (Fsp3) is 0.273. The molecule has 0 saturated carbocycles. The molecule has 0 saturated heterocycles. The van der Waals surface area contributed by atoms with E-state index in [-0.39, 0.29) is 16.8 Å². The predicted molar refractivity (Wildman–Crippen MR) is 72.1 cm³/mol. The molecule has 2 heterocycles. The van der Waals surface area contributed by atoms with Crippen molar-refractivity contribution in [3.63, 3.8) is 0 Å². The molecule has 0 fully saturated rings. The Hall–Kier alpha value is -2.09. The first-order valence-electron chi connectivity index (χ1n) is 5.68. The average Bonchev–Trinajstić information content (AvgIpc) is 2.76. The Kier molecular flexibility index (Phi) is 3.43. The van der Waals surface area contributed by atoms with Crippen LogP contribution in [0.1, 0.15) is 19.9 Å². The minimum absolute atomic E-state index is 0.0365. The molecule has 0 aliphatic carbocycles. The summed E-state index contributed by atoms with van der Waals surface area (Å²) in [6.45, 7) is 3.81. The van der Waals surface area contributed by atoms with Gasteiger partial charge in [0.2, 0.25) is 0 Å². The Bertz CT molecular complexity index is 678. The van der Waals surface area contributed by atoms with Crippen molar-refractivity contribution < 1.29 is 8.42 Å². The minimum atomic E-state index is -3.77. The molecule has 0 atom stereocenters. The minimum Gasteiger partial charge on any atom is -0.383 e. The third kappa shape index (κ3) is 2.68. The molecular weight excluding hydrogens is 266 g/mol. The van der Waals surface area contributed by atoms with Crippen molar-refractivity contribution in [3.05, 3.63) is 30.6 Å². The number of nitrogens with zero attached hydrogens (tertiary/aromatic N) is 3. The Morgan fingerprint density at radius 1 is 1.32 bits per heavy atom. The van der Waals surface area contributed by atoms with Crippen LogP contribution in [0.4, 0.5) is 11.6 Å². The van der Waals surface area contributed by atoms with Crippen LogP contribution in [0.5, 0.6) is 0 Å². The molecule has 2 aromatic heterocycles. The SMILES string of the molecule is CC(C)n1nccc1NS(=O)(=O)c1cccnc1N. The van der Waals surface area contributed by atoms with Crippen molar-refractivity contribution in [2.24, 2.45) is 0 Å². The third-order valence-electron chi connectivity index (χ3n) is 2.49. The summed E-state index contributed by atoms with van der Waals surface area (Å²) in [5.74, 6) is 0.351. The Morgan fingerprint density at radius 3 is 2.68 bits per heavy atom. The topological polar surface area (TPSA) is 103 Å². The van der Waals surface area contributed by atoms with E-state index in [4.69, 9.17) is 5.73 Å². The van der Waals surface area contributed by atoms with Gasteiger partial charge in [-0.25, -0.2) is 18.1 Å². The quantitative estimate of drug-likeness (QED) is 0.877. The zero-order valence-corrected chi connectivity index (χ0v) is 11.4. The van der Waals surface area contributed by atoms with E-state index in [9.17, 15) is 8.42 Å². The maximum absolute atomic E-state index is 12.2. The van der Waals surface area contributed by atoms with E-state index >= 15 is 0 Å². The lowest BCUT2D eigenvalue weighted by molar-refractivity contribution is 0.539. The second kappa shape index (κ2) is 4.88. The van der Waals surface area contributed by atoms with Gasteiger partial charge in [-0.3, -0.25) is 4.72 Å². The second-order valence-corrected chi connectivity index (χ2v) is 5.90. The summed E-state index contributed by atoms with van der Waals surface area (Å²) in [4.78, 5) is 3.72. The van der Waals surface area contributed by atoms with Crippen molar-refractivity contribution in [1.82, 2.24) is 14.8 Å². The van der Waals surface area contributed by atoms with Crippen molar-refractivity contribution in [1.29, 1.82) is 0 Å². The smallest absolute Gasteiger partial charge is 0.266 e. The van der Waals surface area contributed by atoms with Gasteiger partial charge in [-0.1, -0.05) is 0 Å². The summed E-state index contributed by atoms with van der Waals surface area (Å²) in [7, 11) is -3.77. The van der Waals surface area contributed by atoms with Gasteiger partial charge in [0.15, 0.2) is 0 Å². The van der Waals surface area contributed by atoms with Crippen LogP contribution in [0.15, 0.2) is 35.5 Å². The number of aromatic nitrogens is 3. The molecule has 0 bridgehead atoms. The summed E-state index contributed by atoms with van der Waals surface area (Å²) >= 11 is 0. The molecule has 0 aliphatic heterocycles. The number of nitrogen functional groups attached to an aromatic ring is 1. The van der Waals surface area contributed by atoms with Gasteiger partial charge in [0.1, 0.15) is 16.5 Å². The van der Waals surface area contributed by atoms with Crippen LogP contribution in [-0.4, -0.2) is 23.2 Å². The van der Waals surface area contributed by atoms with E-state index in [2.05, 4.69) is 14.8 Å². The second-order valence-electron chi connectivity index (χ2n) is 4.25. The van der Waals surface area contributed by atoms with Crippen LogP contribution in [0.2, 0.25) is 0 Å². The summed E-state index contributed by atoms with van der Waals surface area (Å²) < 4.78 is 28.5. The van der Waals surface area contributed by atoms with Crippen LogP contribution in [0, 0.1) is 0 Å². The lowest BCUT2D eigenvalue weighted by Gasteiger charge is -2.13. The fourth-order valence-corrected chi connectivity index (χ4v) is 2.76. The molecule has 2 aromatic rings. The molecule has 0 aromatic carbocycles. The molecule has 0 aliphatic rings. The molecule has 102 valence electrons. The molecule has 7 nitrogen and oxygen atoms in total. The van der Waals surface area contributed by atoms with Crippen molar-refractivity contribution >= 4 is 21.7 Å². The number of nitrogens with one attached hydrogen (secondary N) is 1. The highest BCUT2D eigenvalue weighted by molar-refractivity contribution is 7.92. The number of anilines is 2. The molecule has 0 radical (unpaired) electrons. The van der Waals surface area contributed by atoms with E-state index < -0.39 is 10.0 Å². The van der Waals surface area contributed by atoms with E-state index in [1.807, 2.05) is 13.8 Å². The van der Waals surface area contributed by atoms with E-state index in [0.717, 1.165) is 0 Å². The molecule has 2 rings (SSSR count). The highest BCUT2D eigenvalue weighted by Gasteiger charge is 2.20. The van der Waals surface area contributed by atoms with Gasteiger partial charge in [-0.2, -0.15) is 5.10 Å². The molecular formula is C11H15N5O2S. The maximum Gasteiger partial charge on any atom is 0.266 e. The summed E-state index contributed by atoms with van der Waals surface area (Å²) in [6, 6.07) is 4.55. The monoisotopic (exact) mass is 281 g/mol. The molecule has 8 heteroatoms. The average molecular weight is 281 g/mol. The molecule has 19 heavy (non-hydrogen) atoms. The van der Waals surface area contributed by atoms with Gasteiger partial charge < -0.3 is 5.73 Å². The standard InChI is InChI=1S/C11H15N5O2S/c1-8(2)16-10(5-7-14-16)15-19(17,18)9-4-3-6-13-11(9)12/h3-8,15H,1-2H3,(H2,12,13). The Labute approximate surface area is 111 Å². The molecule has 3 N–H and O–H groups in total. The highest BCUT2D eigenvalue weighted by Crippen LogP contribution is 2.20. The van der Waals surface area contributed by atoms with Gasteiger partial charge >= 0.3 is 0 Å². The number of hydrogen-bond acceptors (Lipinski definition) is 5. The van der Waals surface area contributed by atoms with Gasteiger partial charge in [0.25, 0.3) is 10.0 Å². The van der Waals surface area contributed by atoms with Crippen LogP contribution < -0.4 is 10.5 Å². The van der Waals surface area contributed by atoms with Gasteiger partial charge in [-0.05, 0) is 26.0 Å². The lowest BCUT2D eigenvalue weighted by atomic mass is 10.4. The van der Waals surface area contributed by atoms with E-state index in [1.165, 1.54) is 24.5 Å². The molecule has 0 amide bonds. The summed E-state index contributed by atoms with van der Waals surface area (Å²) in [5, 5.41) is 4.06. The zero-order valence-electron chi connectivity index (χ0n) is 10.6. The van der Waals surface area contributed by atoms with E-state index in [0.29, 0.717) is 5.82 Å². The van der Waals surface area contributed by atoms with Crippen LogP contribution >= 0.6 is 0 Å². The summed E-state index contributed by atoms with van der Waals surface area (Å²) in [6.07, 6.45) is 2.97. The first-order chi connectivity index (χ1) is 8.92. The Morgan fingerprint density at radius 2 is 2.05 bits per heavy atom. The molecule has 0 spiro atoms. The zero-order chi connectivity index (χ0) is 14.0. The highest BCUT2D eigenvalue weighted by atomic mass is 32.2. The number of sulfonamides is 1. The third-order valence-corrected chi connectivity index (χ3v) is 3.89. The van der Waals surface area contributed by atoms with Gasteiger partial charge in [-0.15, -0.1) is 0 Å². The first-order valence-corrected chi connectivity index (χ1v) is 7.17. The Balaban J connectivity index is 2.37. The molecule has 0 unspecified atom stereocenters. The maximum atomic E-state index is 12.2. The van der Waals surface area contributed by atoms with Gasteiger partial charge in [0, 0.05) is 18.3 Å². The van der Waals surface area contributed by atoms with Crippen LogP contribution in [0.25, 0.3) is 0 Å². The first kappa shape index (κ1) is 13.3. The van der Waals surface area contributed by atoms with Crippen LogP contribution in [0.3, 0.4) is 0 Å². The number of nitrogens with two attached hydrogens (primary N) is 1. The number of hydrogen-bond donors (Lipinski definition) is 2. The summed E-state index contributed by atoms with van der Waals surface area (Å²) in [5.41, 5.74) is 5.58. The fourth-order valence-electron chi connectivity index (χ4n) is 1.63. The van der Waals surface area contributed by atoms with Gasteiger partial charge in [0.05, 0.1) is 6.20 Å². The van der Waals surface area contributed by atoms with Crippen molar-refractivity contribution in [2.45, 2.75) is 24.8 Å². The van der Waals surface area contributed by atoms with Crippen molar-refractivity contribution in [3.8, 4) is 0 Å². The number of rotatable bonds is 4. The lowest BCUT2D eigenvalue weighted by Crippen LogP contribution is -2.18. The van der Waals surface area contributed by atoms with Crippen LogP contribution in [-0.2, 0) is 10.0 Å². The number of pyridine rings is 1. The van der Waals surface area contributed by atoms with Crippen molar-refractivity contribution in [2.75, 3.05) is 10.5 Å².